The first kappa shape index (κ1) is 23.4. The van der Waals surface area contributed by atoms with Gasteiger partial charge in [-0.05, 0) is 36.6 Å². The Bertz CT molecular complexity index is 1270. The van der Waals surface area contributed by atoms with Crippen molar-refractivity contribution in [3.05, 3.63) is 65.7 Å². The van der Waals surface area contributed by atoms with Crippen LogP contribution in [0.15, 0.2) is 55.1 Å². The Hall–Kier alpha value is -3.78. The maximum Gasteiger partial charge on any atom is 0.163 e. The molecule has 0 aliphatic carbocycles. The van der Waals surface area contributed by atoms with Gasteiger partial charge in [0.15, 0.2) is 11.5 Å². The molecule has 4 rings (SSSR count). The average Bonchev–Trinajstić information content (AvgIpc) is 2.87. The lowest BCUT2D eigenvalue weighted by molar-refractivity contribution is 0.290. The minimum absolute atomic E-state index is 0.449. The number of hydrogen-bond donors (Lipinski definition) is 1. The molecular formula is C25H25ClN4O4. The highest BCUT2D eigenvalue weighted by molar-refractivity contribution is 6.32. The van der Waals surface area contributed by atoms with E-state index in [2.05, 4.69) is 20.3 Å². The molecule has 0 aliphatic rings. The number of nitrogens with zero attached hydrogens (tertiary/aromatic N) is 3. The quantitative estimate of drug-likeness (QED) is 0.299. The first-order chi connectivity index (χ1) is 16.6. The number of anilines is 2. The second kappa shape index (κ2) is 10.9. The molecule has 1 N–H and O–H groups in total. The van der Waals surface area contributed by atoms with E-state index in [1.807, 2.05) is 24.3 Å². The monoisotopic (exact) mass is 480 g/mol. The van der Waals surface area contributed by atoms with Crippen molar-refractivity contribution in [2.24, 2.45) is 0 Å². The van der Waals surface area contributed by atoms with Crippen LogP contribution in [0.25, 0.3) is 10.9 Å². The van der Waals surface area contributed by atoms with E-state index in [1.54, 1.807) is 45.9 Å². The molecule has 2 aromatic heterocycles. The molecule has 0 saturated carbocycles. The zero-order valence-corrected chi connectivity index (χ0v) is 19.9. The van der Waals surface area contributed by atoms with Gasteiger partial charge < -0.3 is 24.3 Å². The number of aromatic nitrogens is 3. The number of benzene rings is 2. The predicted octanol–water partition coefficient (Wildman–Crippen LogP) is 5.46. The third kappa shape index (κ3) is 5.23. The standard InChI is InChI=1S/C25H25ClN4O4/c1-31-21-14-20(22(32-2)12-18(21)26)30-25-17-11-23(33-3)24(13-19(17)28-15-29-25)34-10-4-5-16-6-8-27-9-7-16/h6-9,11-15H,4-5,10H2,1-3H3,(H,28,29,30). The summed E-state index contributed by atoms with van der Waals surface area (Å²) in [4.78, 5) is 12.9. The van der Waals surface area contributed by atoms with E-state index >= 15 is 0 Å². The van der Waals surface area contributed by atoms with Crippen LogP contribution in [0.5, 0.6) is 23.0 Å². The Morgan fingerprint density at radius 3 is 2.35 bits per heavy atom. The van der Waals surface area contributed by atoms with Crippen molar-refractivity contribution in [3.8, 4) is 23.0 Å². The SMILES string of the molecule is COc1cc(Nc2ncnc3cc(OCCCc4ccncc4)c(OC)cc23)c(OC)cc1Cl. The molecule has 0 saturated heterocycles. The highest BCUT2D eigenvalue weighted by atomic mass is 35.5. The summed E-state index contributed by atoms with van der Waals surface area (Å²) in [5, 5.41) is 4.51. The molecule has 2 heterocycles. The van der Waals surface area contributed by atoms with E-state index in [0.717, 1.165) is 18.2 Å². The van der Waals surface area contributed by atoms with Crippen LogP contribution in [0.3, 0.4) is 0 Å². The van der Waals surface area contributed by atoms with Gasteiger partial charge in [-0.3, -0.25) is 4.98 Å². The molecule has 4 aromatic rings. The van der Waals surface area contributed by atoms with Gasteiger partial charge in [-0.15, -0.1) is 0 Å². The van der Waals surface area contributed by atoms with Gasteiger partial charge in [-0.25, -0.2) is 9.97 Å². The second-order valence-electron chi connectivity index (χ2n) is 7.36. The van der Waals surface area contributed by atoms with E-state index in [1.165, 1.54) is 11.9 Å². The minimum Gasteiger partial charge on any atom is -0.495 e. The van der Waals surface area contributed by atoms with E-state index in [-0.39, 0.29) is 0 Å². The molecular weight excluding hydrogens is 456 g/mol. The van der Waals surface area contributed by atoms with E-state index in [9.17, 15) is 0 Å². The summed E-state index contributed by atoms with van der Waals surface area (Å²) in [5.41, 5.74) is 2.59. The number of fused-ring (bicyclic) bond motifs is 1. The van der Waals surface area contributed by atoms with Crippen LogP contribution in [0.4, 0.5) is 11.5 Å². The van der Waals surface area contributed by atoms with Crippen molar-refractivity contribution in [1.29, 1.82) is 0 Å². The number of rotatable bonds is 10. The third-order valence-corrected chi connectivity index (χ3v) is 5.56. The molecule has 0 unspecified atom stereocenters. The Morgan fingerprint density at radius 2 is 1.62 bits per heavy atom. The average molecular weight is 481 g/mol. The lowest BCUT2D eigenvalue weighted by Gasteiger charge is -2.16. The molecule has 176 valence electrons. The van der Waals surface area contributed by atoms with E-state index in [4.69, 9.17) is 30.5 Å². The molecule has 9 heteroatoms. The van der Waals surface area contributed by atoms with E-state index in [0.29, 0.717) is 51.6 Å². The van der Waals surface area contributed by atoms with Gasteiger partial charge in [0.25, 0.3) is 0 Å². The third-order valence-electron chi connectivity index (χ3n) is 5.26. The van der Waals surface area contributed by atoms with Crippen LogP contribution in [-0.4, -0.2) is 42.9 Å². The Morgan fingerprint density at radius 1 is 0.853 bits per heavy atom. The molecule has 0 fully saturated rings. The maximum atomic E-state index is 6.23. The molecule has 0 aliphatic heterocycles. The predicted molar refractivity (Wildman–Crippen MR) is 132 cm³/mol. The first-order valence-electron chi connectivity index (χ1n) is 10.7. The summed E-state index contributed by atoms with van der Waals surface area (Å²) >= 11 is 6.23. The van der Waals surface area contributed by atoms with Gasteiger partial charge in [0.2, 0.25) is 0 Å². The summed E-state index contributed by atoms with van der Waals surface area (Å²) in [7, 11) is 4.73. The Labute approximate surface area is 202 Å². The highest BCUT2D eigenvalue weighted by Crippen LogP contribution is 2.39. The zero-order valence-electron chi connectivity index (χ0n) is 19.2. The molecule has 0 spiro atoms. The normalized spacial score (nSPS) is 10.7. The van der Waals surface area contributed by atoms with Crippen LogP contribution in [0.2, 0.25) is 5.02 Å². The number of aryl methyl sites for hydroxylation is 1. The molecule has 0 amide bonds. The molecule has 0 atom stereocenters. The number of methoxy groups -OCH3 is 3. The molecule has 0 radical (unpaired) electrons. The number of halogens is 1. The molecule has 2 aromatic carbocycles. The summed E-state index contributed by atoms with van der Waals surface area (Å²) in [6.45, 7) is 0.544. The molecule has 34 heavy (non-hydrogen) atoms. The molecule has 8 nitrogen and oxygen atoms in total. The maximum absolute atomic E-state index is 6.23. The number of pyridine rings is 1. The number of nitrogens with one attached hydrogen (secondary N) is 1. The van der Waals surface area contributed by atoms with Gasteiger partial charge in [0, 0.05) is 36.0 Å². The summed E-state index contributed by atoms with van der Waals surface area (Å²) in [6.07, 6.45) is 6.85. The minimum atomic E-state index is 0.449. The van der Waals surface area contributed by atoms with Crippen molar-refractivity contribution in [2.45, 2.75) is 12.8 Å². The fourth-order valence-electron chi connectivity index (χ4n) is 3.53. The summed E-state index contributed by atoms with van der Waals surface area (Å²) in [6, 6.07) is 11.2. The smallest absolute Gasteiger partial charge is 0.163 e. The Balaban J connectivity index is 1.57. The van der Waals surface area contributed by atoms with Crippen LogP contribution < -0.4 is 24.3 Å². The fraction of sp³-hybridized carbons (Fsp3) is 0.240. The highest BCUT2D eigenvalue weighted by Gasteiger charge is 2.15. The van der Waals surface area contributed by atoms with Crippen molar-refractivity contribution in [3.63, 3.8) is 0 Å². The second-order valence-corrected chi connectivity index (χ2v) is 7.77. The lowest BCUT2D eigenvalue weighted by Crippen LogP contribution is -2.03. The van der Waals surface area contributed by atoms with E-state index < -0.39 is 0 Å². The van der Waals surface area contributed by atoms with Crippen molar-refractivity contribution >= 4 is 34.0 Å². The zero-order chi connectivity index (χ0) is 23.9. The summed E-state index contributed by atoms with van der Waals surface area (Å²) < 4.78 is 22.4. The van der Waals surface area contributed by atoms with Crippen molar-refractivity contribution in [1.82, 2.24) is 15.0 Å². The largest absolute Gasteiger partial charge is 0.495 e. The van der Waals surface area contributed by atoms with Crippen LogP contribution in [-0.2, 0) is 6.42 Å². The number of hydrogen-bond acceptors (Lipinski definition) is 8. The van der Waals surface area contributed by atoms with Crippen molar-refractivity contribution < 1.29 is 18.9 Å². The summed E-state index contributed by atoms with van der Waals surface area (Å²) in [5.74, 6) is 2.87. The first-order valence-corrected chi connectivity index (χ1v) is 11.0. The van der Waals surface area contributed by atoms with Crippen LogP contribution in [0.1, 0.15) is 12.0 Å². The van der Waals surface area contributed by atoms with Crippen LogP contribution >= 0.6 is 11.6 Å². The Kier molecular flexibility index (Phi) is 7.49. The fourth-order valence-corrected chi connectivity index (χ4v) is 3.76. The lowest BCUT2D eigenvalue weighted by atomic mass is 10.1. The van der Waals surface area contributed by atoms with Gasteiger partial charge in [0.1, 0.15) is 23.6 Å². The van der Waals surface area contributed by atoms with Crippen LogP contribution in [0, 0.1) is 0 Å². The van der Waals surface area contributed by atoms with Gasteiger partial charge >= 0.3 is 0 Å². The van der Waals surface area contributed by atoms with Gasteiger partial charge in [-0.2, -0.15) is 0 Å². The topological polar surface area (TPSA) is 87.6 Å². The number of ether oxygens (including phenoxy) is 4. The molecule has 0 bridgehead atoms. The van der Waals surface area contributed by atoms with Gasteiger partial charge in [0.05, 0.1) is 44.2 Å². The van der Waals surface area contributed by atoms with Crippen molar-refractivity contribution in [2.75, 3.05) is 33.3 Å². The van der Waals surface area contributed by atoms with Gasteiger partial charge in [-0.1, -0.05) is 11.6 Å².